The Kier molecular flexibility index (Phi) is 7.36. The number of aromatic nitrogens is 5. The van der Waals surface area contributed by atoms with E-state index in [-0.39, 0.29) is 11.5 Å². The van der Waals surface area contributed by atoms with Gasteiger partial charge in [-0.25, -0.2) is 0 Å². The van der Waals surface area contributed by atoms with Crippen LogP contribution in [0.15, 0.2) is 66.1 Å². The van der Waals surface area contributed by atoms with Crippen molar-refractivity contribution in [1.82, 2.24) is 24.3 Å². The Hall–Kier alpha value is -3.23. The van der Waals surface area contributed by atoms with Gasteiger partial charge in [-0.15, -0.1) is 10.2 Å². The van der Waals surface area contributed by atoms with Gasteiger partial charge >= 0.3 is 0 Å². The fraction of sp³-hybridized carbons (Fsp3) is 0.280. The van der Waals surface area contributed by atoms with Gasteiger partial charge in [0.2, 0.25) is 0 Å². The molecule has 33 heavy (non-hydrogen) atoms. The smallest absolute Gasteiger partial charge is 0.192 e. The lowest BCUT2D eigenvalue weighted by molar-refractivity contribution is 0.102. The van der Waals surface area contributed by atoms with E-state index in [1.165, 1.54) is 11.8 Å². The molecule has 0 saturated heterocycles. The van der Waals surface area contributed by atoms with Crippen LogP contribution in [0.1, 0.15) is 27.3 Å². The van der Waals surface area contributed by atoms with Gasteiger partial charge in [0.05, 0.1) is 18.9 Å². The van der Waals surface area contributed by atoms with E-state index in [4.69, 9.17) is 4.74 Å². The molecule has 0 unspecified atom stereocenters. The highest BCUT2D eigenvalue weighted by molar-refractivity contribution is 7.99. The number of pyridine rings is 1. The number of benzene rings is 1. The molecular formula is C25H27N5O2S. The van der Waals surface area contributed by atoms with E-state index in [2.05, 4.69) is 31.9 Å². The van der Waals surface area contributed by atoms with E-state index in [1.54, 1.807) is 19.5 Å². The minimum absolute atomic E-state index is 0.0777. The number of Topliss-reactive ketones (excluding diaryl/α,β-unsaturated/α-hetero) is 1. The summed E-state index contributed by atoms with van der Waals surface area (Å²) in [4.78, 5) is 17.3. The zero-order valence-electron chi connectivity index (χ0n) is 19.1. The van der Waals surface area contributed by atoms with Crippen LogP contribution >= 0.6 is 11.8 Å². The van der Waals surface area contributed by atoms with Crippen molar-refractivity contribution in [2.75, 3.05) is 19.5 Å². The number of carbonyl (C=O) groups is 1. The number of ketones is 1. The van der Waals surface area contributed by atoms with Gasteiger partial charge in [0.25, 0.3) is 0 Å². The Morgan fingerprint density at radius 3 is 2.61 bits per heavy atom. The van der Waals surface area contributed by atoms with Gasteiger partial charge in [-0.1, -0.05) is 42.1 Å². The number of hydrogen-bond acceptors (Lipinski definition) is 6. The van der Waals surface area contributed by atoms with Gasteiger partial charge in [0, 0.05) is 48.6 Å². The summed E-state index contributed by atoms with van der Waals surface area (Å²) >= 11 is 1.41. The molecule has 0 N–H and O–H groups in total. The number of nitrogens with zero attached hydrogens (tertiary/aromatic N) is 5. The Morgan fingerprint density at radius 1 is 1.06 bits per heavy atom. The zero-order chi connectivity index (χ0) is 23.2. The van der Waals surface area contributed by atoms with Crippen molar-refractivity contribution >= 4 is 17.5 Å². The number of ether oxygens (including phenoxy) is 1. The zero-order valence-corrected chi connectivity index (χ0v) is 19.9. The molecule has 0 aliphatic carbocycles. The molecule has 0 fully saturated rings. The molecule has 1 aromatic carbocycles. The molecule has 8 heteroatoms. The van der Waals surface area contributed by atoms with Gasteiger partial charge in [-0.2, -0.15) is 0 Å². The SMILES string of the molecule is COCCn1c(C)cc(C(=O)CSc2nnc(-c3cccnc3)n2Cc2ccccc2)c1C. The van der Waals surface area contributed by atoms with Crippen molar-refractivity contribution in [2.45, 2.75) is 32.1 Å². The largest absolute Gasteiger partial charge is 0.383 e. The van der Waals surface area contributed by atoms with Gasteiger partial charge < -0.3 is 9.30 Å². The average molecular weight is 462 g/mol. The molecule has 4 aromatic rings. The second kappa shape index (κ2) is 10.6. The van der Waals surface area contributed by atoms with Crippen LogP contribution in [0.2, 0.25) is 0 Å². The van der Waals surface area contributed by atoms with Crippen molar-refractivity contribution in [3.8, 4) is 11.4 Å². The van der Waals surface area contributed by atoms with Crippen molar-refractivity contribution in [2.24, 2.45) is 0 Å². The molecule has 0 amide bonds. The van der Waals surface area contributed by atoms with Crippen molar-refractivity contribution in [3.63, 3.8) is 0 Å². The van der Waals surface area contributed by atoms with Gasteiger partial charge in [-0.05, 0) is 37.6 Å². The first-order chi connectivity index (χ1) is 16.1. The first-order valence-corrected chi connectivity index (χ1v) is 11.8. The third kappa shape index (κ3) is 5.23. The molecule has 0 atom stereocenters. The summed E-state index contributed by atoms with van der Waals surface area (Å²) in [5.74, 6) is 1.10. The predicted molar refractivity (Wildman–Crippen MR) is 130 cm³/mol. The first kappa shape index (κ1) is 22.9. The molecule has 4 rings (SSSR count). The molecule has 0 radical (unpaired) electrons. The predicted octanol–water partition coefficient (Wildman–Crippen LogP) is 4.43. The molecule has 0 saturated carbocycles. The maximum atomic E-state index is 13.1. The quantitative estimate of drug-likeness (QED) is 0.257. The molecule has 3 heterocycles. The Bertz CT molecular complexity index is 1220. The van der Waals surface area contributed by atoms with E-state index >= 15 is 0 Å². The third-order valence-corrected chi connectivity index (χ3v) is 6.51. The van der Waals surface area contributed by atoms with E-state index in [9.17, 15) is 4.79 Å². The average Bonchev–Trinajstić information content (AvgIpc) is 3.37. The summed E-state index contributed by atoms with van der Waals surface area (Å²) in [7, 11) is 1.68. The van der Waals surface area contributed by atoms with Crippen LogP contribution in [0.4, 0.5) is 0 Å². The minimum atomic E-state index is 0.0777. The number of aryl methyl sites for hydroxylation is 1. The lowest BCUT2D eigenvalue weighted by Gasteiger charge is -2.10. The highest BCUT2D eigenvalue weighted by atomic mass is 32.2. The van der Waals surface area contributed by atoms with Crippen LogP contribution in [0, 0.1) is 13.8 Å². The van der Waals surface area contributed by atoms with E-state index in [0.717, 1.165) is 40.4 Å². The molecule has 0 bridgehead atoms. The van der Waals surface area contributed by atoms with Crippen LogP contribution in [-0.4, -0.2) is 49.6 Å². The molecule has 0 spiro atoms. The number of rotatable bonds is 10. The van der Waals surface area contributed by atoms with Gasteiger partial charge in [0.15, 0.2) is 16.8 Å². The Morgan fingerprint density at radius 2 is 1.88 bits per heavy atom. The lowest BCUT2D eigenvalue weighted by Crippen LogP contribution is -2.10. The Balaban J connectivity index is 1.57. The summed E-state index contributed by atoms with van der Waals surface area (Å²) in [6.07, 6.45) is 3.51. The molecule has 0 aliphatic heterocycles. The van der Waals surface area contributed by atoms with Gasteiger partial charge in [-0.3, -0.25) is 14.3 Å². The summed E-state index contributed by atoms with van der Waals surface area (Å²) in [5.41, 5.74) is 4.80. The summed E-state index contributed by atoms with van der Waals surface area (Å²) in [5, 5.41) is 9.55. The fourth-order valence-corrected chi connectivity index (χ4v) is 4.65. The normalized spacial score (nSPS) is 11.1. The summed E-state index contributed by atoms with van der Waals surface area (Å²) in [6.45, 7) is 5.95. The number of thioether (sulfide) groups is 1. The van der Waals surface area contributed by atoms with Crippen LogP contribution < -0.4 is 0 Å². The monoisotopic (exact) mass is 461 g/mol. The maximum absolute atomic E-state index is 13.1. The topological polar surface area (TPSA) is 74.8 Å². The highest BCUT2D eigenvalue weighted by Crippen LogP contribution is 2.26. The van der Waals surface area contributed by atoms with Crippen LogP contribution in [0.3, 0.4) is 0 Å². The van der Waals surface area contributed by atoms with Crippen LogP contribution in [-0.2, 0) is 17.8 Å². The second-order valence-corrected chi connectivity index (χ2v) is 8.70. The second-order valence-electron chi connectivity index (χ2n) is 7.76. The van der Waals surface area contributed by atoms with Crippen molar-refractivity contribution in [1.29, 1.82) is 0 Å². The van der Waals surface area contributed by atoms with Crippen LogP contribution in [0.5, 0.6) is 0 Å². The third-order valence-electron chi connectivity index (χ3n) is 5.55. The first-order valence-electron chi connectivity index (χ1n) is 10.8. The minimum Gasteiger partial charge on any atom is -0.383 e. The molecule has 3 aromatic heterocycles. The molecule has 7 nitrogen and oxygen atoms in total. The maximum Gasteiger partial charge on any atom is 0.192 e. The van der Waals surface area contributed by atoms with E-state index in [1.807, 2.05) is 54.8 Å². The number of carbonyl (C=O) groups excluding carboxylic acids is 1. The summed E-state index contributed by atoms with van der Waals surface area (Å²) in [6, 6.07) is 16.0. The highest BCUT2D eigenvalue weighted by Gasteiger charge is 2.19. The van der Waals surface area contributed by atoms with Crippen molar-refractivity contribution in [3.05, 3.63) is 83.4 Å². The summed E-state index contributed by atoms with van der Waals surface area (Å²) < 4.78 is 9.37. The van der Waals surface area contributed by atoms with Gasteiger partial charge in [0.1, 0.15) is 0 Å². The molecule has 170 valence electrons. The Labute approximate surface area is 197 Å². The number of methoxy groups -OCH3 is 1. The molecule has 0 aliphatic rings. The van der Waals surface area contributed by atoms with E-state index in [0.29, 0.717) is 18.3 Å². The number of hydrogen-bond donors (Lipinski definition) is 0. The lowest BCUT2D eigenvalue weighted by atomic mass is 10.2. The fourth-order valence-electron chi connectivity index (χ4n) is 3.83. The van der Waals surface area contributed by atoms with Crippen LogP contribution in [0.25, 0.3) is 11.4 Å². The molecular weight excluding hydrogens is 434 g/mol. The standard InChI is InChI=1S/C25H27N5O2S/c1-18-14-22(19(2)29(18)12-13-32-3)23(31)17-33-25-28-27-24(21-10-7-11-26-15-21)30(25)16-20-8-5-4-6-9-20/h4-11,14-15H,12-13,16-17H2,1-3H3. The van der Waals surface area contributed by atoms with Crippen molar-refractivity contribution < 1.29 is 9.53 Å². The van der Waals surface area contributed by atoms with E-state index < -0.39 is 0 Å².